The summed E-state index contributed by atoms with van der Waals surface area (Å²) in [6.07, 6.45) is 11.0. The highest BCUT2D eigenvalue weighted by atomic mass is 16.6. The molecule has 3 atom stereocenters. The number of rotatable bonds is 23. The molecule has 0 radical (unpaired) electrons. The molecule has 3 rings (SSSR count). The van der Waals surface area contributed by atoms with Crippen LogP contribution in [0, 0.1) is 0 Å². The van der Waals surface area contributed by atoms with Crippen LogP contribution in [0.5, 0.6) is 0 Å². The van der Waals surface area contributed by atoms with Crippen LogP contribution >= 0.6 is 0 Å². The maximum Gasteiger partial charge on any atom is 0.222 e. The fraction of sp³-hybridized carbons (Fsp3) is 0.958. The van der Waals surface area contributed by atoms with Gasteiger partial charge in [-0.25, -0.2) is 0 Å². The second kappa shape index (κ2) is 16.0. The number of carbonyl (C=O) groups excluding carboxylic acids is 1. The van der Waals surface area contributed by atoms with Gasteiger partial charge in [0.15, 0.2) is 0 Å². The molecule has 0 aromatic rings. The summed E-state index contributed by atoms with van der Waals surface area (Å²) in [5.74, 6) is 0.208. The maximum atomic E-state index is 12.7. The summed E-state index contributed by atoms with van der Waals surface area (Å²) in [7, 11) is 0. The molecular formula is C24H43NO7. The Morgan fingerprint density at radius 1 is 0.625 bits per heavy atom. The minimum Gasteiger partial charge on any atom is -0.379 e. The number of ether oxygens (including phenoxy) is 6. The van der Waals surface area contributed by atoms with Gasteiger partial charge in [0.25, 0.3) is 0 Å². The molecule has 0 aromatic heterocycles. The molecule has 0 spiro atoms. The number of nitrogens with zero attached hydrogens (tertiary/aromatic N) is 1. The Balaban J connectivity index is 1.13. The summed E-state index contributed by atoms with van der Waals surface area (Å²) in [5.41, 5.74) is 0. The van der Waals surface area contributed by atoms with Crippen LogP contribution < -0.4 is 0 Å². The Labute approximate surface area is 193 Å². The highest BCUT2D eigenvalue weighted by Gasteiger charge is 2.24. The molecule has 3 heterocycles. The fourth-order valence-corrected chi connectivity index (χ4v) is 3.55. The van der Waals surface area contributed by atoms with Crippen molar-refractivity contribution < 1.29 is 33.2 Å². The number of carbonyl (C=O) groups is 1. The molecule has 32 heavy (non-hydrogen) atoms. The second-order valence-corrected chi connectivity index (χ2v) is 9.05. The molecule has 0 aromatic carbocycles. The molecular weight excluding hydrogens is 414 g/mol. The van der Waals surface area contributed by atoms with E-state index in [0.717, 1.165) is 52.3 Å². The lowest BCUT2D eigenvalue weighted by molar-refractivity contribution is -0.133. The summed E-state index contributed by atoms with van der Waals surface area (Å²) in [5, 5.41) is 0. The third-order valence-electron chi connectivity index (χ3n) is 5.91. The normalized spacial score (nSPS) is 23.3. The molecule has 0 aliphatic carbocycles. The lowest BCUT2D eigenvalue weighted by Crippen LogP contribution is -2.37. The summed E-state index contributed by atoms with van der Waals surface area (Å²) in [4.78, 5) is 14.6. The van der Waals surface area contributed by atoms with Crippen molar-refractivity contribution in [1.29, 1.82) is 0 Å². The zero-order chi connectivity index (χ0) is 22.3. The molecule has 0 N–H and O–H groups in total. The van der Waals surface area contributed by atoms with E-state index in [9.17, 15) is 4.79 Å². The van der Waals surface area contributed by atoms with Gasteiger partial charge in [0.2, 0.25) is 5.91 Å². The quantitative estimate of drug-likeness (QED) is 0.172. The van der Waals surface area contributed by atoms with Gasteiger partial charge in [0, 0.05) is 26.1 Å². The number of hydrogen-bond acceptors (Lipinski definition) is 7. The molecule has 186 valence electrons. The molecule has 0 saturated carbocycles. The number of unbranched alkanes of at least 4 members (excludes halogenated alkanes) is 7. The molecule has 0 bridgehead atoms. The first-order valence-electron chi connectivity index (χ1n) is 12.7. The predicted molar refractivity (Wildman–Crippen MR) is 120 cm³/mol. The van der Waals surface area contributed by atoms with E-state index in [0.29, 0.717) is 52.0 Å². The first-order valence-corrected chi connectivity index (χ1v) is 12.7. The van der Waals surface area contributed by atoms with Gasteiger partial charge in [-0.3, -0.25) is 4.79 Å². The van der Waals surface area contributed by atoms with Gasteiger partial charge in [0.1, 0.15) is 18.3 Å². The van der Waals surface area contributed by atoms with Crippen LogP contribution in [0.2, 0.25) is 0 Å². The molecule has 3 saturated heterocycles. The molecule has 8 heteroatoms. The highest BCUT2D eigenvalue weighted by molar-refractivity contribution is 5.76. The minimum absolute atomic E-state index is 0.208. The van der Waals surface area contributed by atoms with E-state index < -0.39 is 0 Å². The third kappa shape index (κ3) is 13.7. The standard InChI is InChI=1S/C24H43NO7/c26-24(9-7-5-3-1-2-4-6-8-12-27-15-21-18-30-21)25(10-13-28-16-22-19-31-22)11-14-29-17-23-20-32-23/h21-23H,1-20H2. The summed E-state index contributed by atoms with van der Waals surface area (Å²) in [6.45, 7) is 7.68. The Hall–Kier alpha value is -0.770. The van der Waals surface area contributed by atoms with Gasteiger partial charge < -0.3 is 33.3 Å². The fourth-order valence-electron chi connectivity index (χ4n) is 3.55. The number of hydrogen-bond donors (Lipinski definition) is 0. The topological polar surface area (TPSA) is 85.6 Å². The van der Waals surface area contributed by atoms with Gasteiger partial charge in [-0.05, 0) is 12.8 Å². The number of epoxide rings is 3. The van der Waals surface area contributed by atoms with E-state index in [1.54, 1.807) is 0 Å². The highest BCUT2D eigenvalue weighted by Crippen LogP contribution is 2.13. The van der Waals surface area contributed by atoms with E-state index in [1.165, 1.54) is 32.1 Å². The molecule has 3 unspecified atom stereocenters. The van der Waals surface area contributed by atoms with Crippen LogP contribution in [0.15, 0.2) is 0 Å². The van der Waals surface area contributed by atoms with Crippen LogP contribution in [0.25, 0.3) is 0 Å². The lowest BCUT2D eigenvalue weighted by Gasteiger charge is -2.22. The van der Waals surface area contributed by atoms with Crippen LogP contribution in [-0.4, -0.2) is 102 Å². The molecule has 1 amide bonds. The van der Waals surface area contributed by atoms with E-state index in [-0.39, 0.29) is 18.1 Å². The Morgan fingerprint density at radius 3 is 1.50 bits per heavy atom. The molecule has 3 aliphatic heterocycles. The van der Waals surface area contributed by atoms with E-state index >= 15 is 0 Å². The molecule has 3 fully saturated rings. The van der Waals surface area contributed by atoms with Crippen molar-refractivity contribution in [2.75, 3.05) is 72.6 Å². The smallest absolute Gasteiger partial charge is 0.222 e. The third-order valence-corrected chi connectivity index (χ3v) is 5.91. The molecule has 8 nitrogen and oxygen atoms in total. The Bertz CT molecular complexity index is 475. The van der Waals surface area contributed by atoms with Crippen molar-refractivity contribution >= 4 is 5.91 Å². The summed E-state index contributed by atoms with van der Waals surface area (Å²) >= 11 is 0. The lowest BCUT2D eigenvalue weighted by atomic mass is 10.1. The van der Waals surface area contributed by atoms with Crippen molar-refractivity contribution in [2.45, 2.75) is 76.1 Å². The van der Waals surface area contributed by atoms with Crippen molar-refractivity contribution in [2.24, 2.45) is 0 Å². The Kier molecular flexibility index (Phi) is 12.9. The summed E-state index contributed by atoms with van der Waals surface area (Å²) < 4.78 is 32.2. The van der Waals surface area contributed by atoms with Gasteiger partial charge in [-0.1, -0.05) is 38.5 Å². The second-order valence-electron chi connectivity index (χ2n) is 9.05. The first kappa shape index (κ1) is 25.8. The van der Waals surface area contributed by atoms with Gasteiger partial charge in [-0.2, -0.15) is 0 Å². The number of amides is 1. The average molecular weight is 458 g/mol. The zero-order valence-corrected chi connectivity index (χ0v) is 19.7. The molecule has 3 aliphatic rings. The van der Waals surface area contributed by atoms with Gasteiger partial charge in [0.05, 0.1) is 52.9 Å². The van der Waals surface area contributed by atoms with Gasteiger partial charge >= 0.3 is 0 Å². The summed E-state index contributed by atoms with van der Waals surface area (Å²) in [6, 6.07) is 0. The minimum atomic E-state index is 0.208. The van der Waals surface area contributed by atoms with Crippen LogP contribution in [0.4, 0.5) is 0 Å². The van der Waals surface area contributed by atoms with Crippen LogP contribution in [-0.2, 0) is 33.2 Å². The average Bonchev–Trinajstić information content (AvgIpc) is 3.61. The van der Waals surface area contributed by atoms with E-state index in [4.69, 9.17) is 28.4 Å². The predicted octanol–water partition coefficient (Wildman–Crippen LogP) is 2.57. The Morgan fingerprint density at radius 2 is 1.03 bits per heavy atom. The zero-order valence-electron chi connectivity index (χ0n) is 19.7. The van der Waals surface area contributed by atoms with E-state index in [1.807, 2.05) is 4.90 Å². The van der Waals surface area contributed by atoms with Crippen molar-refractivity contribution in [3.63, 3.8) is 0 Å². The first-order chi connectivity index (χ1) is 15.8. The van der Waals surface area contributed by atoms with Crippen LogP contribution in [0.1, 0.15) is 57.8 Å². The van der Waals surface area contributed by atoms with Crippen molar-refractivity contribution in [3.05, 3.63) is 0 Å². The van der Waals surface area contributed by atoms with Crippen LogP contribution in [0.3, 0.4) is 0 Å². The van der Waals surface area contributed by atoms with Crippen molar-refractivity contribution in [3.8, 4) is 0 Å². The largest absolute Gasteiger partial charge is 0.379 e. The van der Waals surface area contributed by atoms with Gasteiger partial charge in [-0.15, -0.1) is 0 Å². The van der Waals surface area contributed by atoms with E-state index in [2.05, 4.69) is 0 Å². The maximum absolute atomic E-state index is 12.7. The monoisotopic (exact) mass is 457 g/mol. The SMILES string of the molecule is O=C(CCCCCCCCCCOCC1CO1)N(CCOCC1CO1)CCOCC1CO1. The van der Waals surface area contributed by atoms with Crippen molar-refractivity contribution in [1.82, 2.24) is 4.90 Å².